The van der Waals surface area contributed by atoms with Crippen LogP contribution in [-0.2, 0) is 0 Å². The van der Waals surface area contributed by atoms with E-state index in [1.54, 1.807) is 20.5 Å². The number of nitrogens with zero attached hydrogens (tertiary/aromatic N) is 1. The topological polar surface area (TPSA) is 3.24 Å². The Morgan fingerprint density at radius 1 is 1.71 bits per heavy atom. The van der Waals surface area contributed by atoms with Gasteiger partial charge < -0.3 is 0 Å². The summed E-state index contributed by atoms with van der Waals surface area (Å²) in [6.07, 6.45) is -0.856. The largest absolute Gasteiger partial charge is 0.273 e. The average molecular weight is 104 g/mol. The highest BCUT2D eigenvalue weighted by Crippen LogP contribution is 1.96. The predicted octanol–water partition coefficient (Wildman–Crippen LogP) is 1.42. The van der Waals surface area contributed by atoms with E-state index in [2.05, 4.69) is 0 Å². The van der Waals surface area contributed by atoms with Gasteiger partial charge in [0.1, 0.15) is 0 Å². The number of halogens is 1. The Balaban J connectivity index is 3.14. The zero-order valence-corrected chi connectivity index (χ0v) is 4.98. The van der Waals surface area contributed by atoms with Crippen molar-refractivity contribution in [1.29, 1.82) is 0 Å². The summed E-state index contributed by atoms with van der Waals surface area (Å²) >= 11 is 0. The summed E-state index contributed by atoms with van der Waals surface area (Å²) < 4.78 is 12.0. The van der Waals surface area contributed by atoms with Gasteiger partial charge in [0.15, 0.2) is 6.30 Å². The first-order chi connectivity index (χ1) is 3.18. The van der Waals surface area contributed by atoms with Crippen LogP contribution in [-0.4, -0.2) is 18.2 Å². The zero-order chi connectivity index (χ0) is 5.86. The van der Waals surface area contributed by atoms with Gasteiger partial charge in [-0.25, -0.2) is 4.39 Å². The van der Waals surface area contributed by atoms with Crippen LogP contribution in [0.5, 0.6) is 0 Å². The number of hydrogen-bond donors (Lipinski definition) is 0. The minimum atomic E-state index is -0.856. The van der Waals surface area contributed by atoms with Crippen LogP contribution in [0.15, 0.2) is 0 Å². The van der Waals surface area contributed by atoms with Gasteiger partial charge in [0.2, 0.25) is 0 Å². The van der Waals surface area contributed by atoms with Crippen LogP contribution >= 0.6 is 0 Å². The second-order valence-corrected chi connectivity index (χ2v) is 1.50. The van der Waals surface area contributed by atoms with Crippen molar-refractivity contribution in [2.75, 3.05) is 7.05 Å². The number of rotatable bonds is 2. The molecule has 0 aromatic carbocycles. The van der Waals surface area contributed by atoms with Crippen LogP contribution in [0.1, 0.15) is 13.8 Å². The van der Waals surface area contributed by atoms with Crippen molar-refractivity contribution in [1.82, 2.24) is 4.90 Å². The number of hydrogen-bond acceptors (Lipinski definition) is 1. The molecule has 7 heavy (non-hydrogen) atoms. The van der Waals surface area contributed by atoms with E-state index in [0.717, 1.165) is 0 Å². The minimum Gasteiger partial charge on any atom is -0.273 e. The molecule has 0 N–H and O–H groups in total. The SMILES string of the molecule is C[CH]N(C)C(C)F. The third-order valence-corrected chi connectivity index (χ3v) is 0.968. The maximum Gasteiger partial charge on any atom is 0.150 e. The summed E-state index contributed by atoms with van der Waals surface area (Å²) in [5.74, 6) is 0. The van der Waals surface area contributed by atoms with E-state index in [-0.39, 0.29) is 0 Å². The van der Waals surface area contributed by atoms with Crippen molar-refractivity contribution >= 4 is 0 Å². The molecule has 1 unspecified atom stereocenters. The Morgan fingerprint density at radius 2 is 2.14 bits per heavy atom. The Kier molecular flexibility index (Phi) is 2.92. The predicted molar refractivity (Wildman–Crippen MR) is 28.3 cm³/mol. The molecule has 43 valence electrons. The molecule has 0 aliphatic carbocycles. The average Bonchev–Trinajstić information content (AvgIpc) is 1.65. The first kappa shape index (κ1) is 6.89. The van der Waals surface area contributed by atoms with Crippen molar-refractivity contribution in [2.45, 2.75) is 20.1 Å². The molecule has 0 aliphatic rings. The maximum atomic E-state index is 12.0. The fraction of sp³-hybridized carbons (Fsp3) is 0.800. The van der Waals surface area contributed by atoms with Crippen molar-refractivity contribution in [3.05, 3.63) is 6.54 Å². The Bertz CT molecular complexity index is 45.3. The third kappa shape index (κ3) is 2.57. The van der Waals surface area contributed by atoms with Crippen molar-refractivity contribution in [3.63, 3.8) is 0 Å². The first-order valence-corrected chi connectivity index (χ1v) is 2.34. The molecule has 0 rings (SSSR count). The quantitative estimate of drug-likeness (QED) is 0.479. The van der Waals surface area contributed by atoms with Crippen LogP contribution in [0.3, 0.4) is 0 Å². The molecule has 0 aromatic rings. The molecule has 0 aliphatic heterocycles. The lowest BCUT2D eigenvalue weighted by atomic mass is 10.5. The summed E-state index contributed by atoms with van der Waals surface area (Å²) in [6, 6.07) is 0. The molecular formula is C5H11FN. The van der Waals surface area contributed by atoms with Gasteiger partial charge in [-0.3, -0.25) is 4.90 Å². The summed E-state index contributed by atoms with van der Waals surface area (Å²) in [5, 5.41) is 0. The van der Waals surface area contributed by atoms with Crippen LogP contribution < -0.4 is 0 Å². The van der Waals surface area contributed by atoms with Gasteiger partial charge in [0, 0.05) is 6.54 Å². The van der Waals surface area contributed by atoms with E-state index in [4.69, 9.17) is 0 Å². The van der Waals surface area contributed by atoms with Gasteiger partial charge in [-0.2, -0.15) is 0 Å². The maximum absolute atomic E-state index is 12.0. The summed E-state index contributed by atoms with van der Waals surface area (Å²) in [4.78, 5) is 1.50. The molecule has 0 saturated carbocycles. The van der Waals surface area contributed by atoms with E-state index in [0.29, 0.717) is 0 Å². The first-order valence-electron chi connectivity index (χ1n) is 2.34. The second kappa shape index (κ2) is 2.97. The third-order valence-electron chi connectivity index (χ3n) is 0.968. The van der Waals surface area contributed by atoms with Gasteiger partial charge in [-0.15, -0.1) is 0 Å². The van der Waals surface area contributed by atoms with Crippen LogP contribution in [0.2, 0.25) is 0 Å². The van der Waals surface area contributed by atoms with E-state index in [1.165, 1.54) is 11.8 Å². The molecule has 1 atom stereocenters. The molecule has 0 fully saturated rings. The Labute approximate surface area is 44.1 Å². The van der Waals surface area contributed by atoms with E-state index >= 15 is 0 Å². The second-order valence-electron chi connectivity index (χ2n) is 1.50. The molecule has 0 aromatic heterocycles. The lowest BCUT2D eigenvalue weighted by Crippen LogP contribution is -2.20. The normalized spacial score (nSPS) is 15.0. The number of alkyl halides is 1. The fourth-order valence-electron chi connectivity index (χ4n) is 0.205. The van der Waals surface area contributed by atoms with E-state index in [9.17, 15) is 4.39 Å². The van der Waals surface area contributed by atoms with Crippen molar-refractivity contribution < 1.29 is 4.39 Å². The molecule has 0 heterocycles. The molecule has 2 heteroatoms. The molecular weight excluding hydrogens is 93.1 g/mol. The van der Waals surface area contributed by atoms with E-state index < -0.39 is 6.30 Å². The van der Waals surface area contributed by atoms with Gasteiger partial charge in [-0.05, 0) is 20.9 Å². The lowest BCUT2D eigenvalue weighted by molar-refractivity contribution is 0.161. The molecule has 0 amide bonds. The highest BCUT2D eigenvalue weighted by atomic mass is 19.1. The van der Waals surface area contributed by atoms with Crippen molar-refractivity contribution in [2.24, 2.45) is 0 Å². The fourth-order valence-corrected chi connectivity index (χ4v) is 0.205. The van der Waals surface area contributed by atoms with Crippen LogP contribution in [0.4, 0.5) is 4.39 Å². The standard InChI is InChI=1S/C5H11FN/c1-4-7(3)5(2)6/h4-5H,1-3H3. The zero-order valence-electron chi connectivity index (χ0n) is 4.98. The molecule has 1 nitrogen and oxygen atoms in total. The smallest absolute Gasteiger partial charge is 0.150 e. The van der Waals surface area contributed by atoms with Gasteiger partial charge in [-0.1, -0.05) is 0 Å². The lowest BCUT2D eigenvalue weighted by Gasteiger charge is -2.13. The highest BCUT2D eigenvalue weighted by molar-refractivity contribution is 4.56. The monoisotopic (exact) mass is 104 g/mol. The van der Waals surface area contributed by atoms with Crippen LogP contribution in [0, 0.1) is 6.54 Å². The Hall–Kier alpha value is -0.110. The van der Waals surface area contributed by atoms with Crippen molar-refractivity contribution in [3.8, 4) is 0 Å². The molecule has 0 saturated heterocycles. The van der Waals surface area contributed by atoms with Gasteiger partial charge >= 0.3 is 0 Å². The van der Waals surface area contributed by atoms with Gasteiger partial charge in [0.25, 0.3) is 0 Å². The summed E-state index contributed by atoms with van der Waals surface area (Å²) in [6.45, 7) is 5.00. The molecule has 0 spiro atoms. The molecule has 0 bridgehead atoms. The van der Waals surface area contributed by atoms with Gasteiger partial charge in [0.05, 0.1) is 0 Å². The minimum absolute atomic E-state index is 0.856. The summed E-state index contributed by atoms with van der Waals surface area (Å²) in [7, 11) is 1.70. The van der Waals surface area contributed by atoms with E-state index in [1.807, 2.05) is 0 Å². The van der Waals surface area contributed by atoms with Crippen LogP contribution in [0.25, 0.3) is 0 Å². The Morgan fingerprint density at radius 3 is 2.14 bits per heavy atom. The summed E-state index contributed by atoms with van der Waals surface area (Å²) in [5.41, 5.74) is 0. The highest BCUT2D eigenvalue weighted by Gasteiger charge is 2.00. The molecule has 1 radical (unpaired) electrons.